The molecule has 0 fully saturated rings. The van der Waals surface area contributed by atoms with Crippen LogP contribution in [0.15, 0.2) is 218 Å². The van der Waals surface area contributed by atoms with Gasteiger partial charge in [-0.05, 0) is 123 Å². The molecule has 2 aliphatic rings. The Morgan fingerprint density at radius 2 is 0.831 bits per heavy atom. The summed E-state index contributed by atoms with van der Waals surface area (Å²) in [4.78, 5) is 4.16. The summed E-state index contributed by atoms with van der Waals surface area (Å²) >= 11 is 0. The van der Waals surface area contributed by atoms with E-state index in [1.807, 2.05) is 48.3 Å². The Hall–Kier alpha value is -7.62. The van der Waals surface area contributed by atoms with Crippen molar-refractivity contribution in [3.05, 3.63) is 241 Å². The van der Waals surface area contributed by atoms with E-state index in [9.17, 15) is 2.74 Å². The van der Waals surface area contributed by atoms with Crippen LogP contribution >= 0.6 is 0 Å². The Kier molecular flexibility index (Phi) is 6.31. The van der Waals surface area contributed by atoms with Crippen LogP contribution in [-0.4, -0.2) is 4.57 Å². The van der Waals surface area contributed by atoms with Gasteiger partial charge < -0.3 is 14.4 Å². The molecule has 0 N–H and O–H groups in total. The Balaban J connectivity index is 1.15. The maximum atomic E-state index is 9.35. The molecule has 12 rings (SSSR count). The van der Waals surface area contributed by atoms with E-state index >= 15 is 0 Å². The Bertz CT molecular complexity index is 3470. The van der Waals surface area contributed by atoms with Gasteiger partial charge >= 0.3 is 0 Å². The van der Waals surface area contributed by atoms with Crippen LogP contribution in [0.4, 0.5) is 34.1 Å². The van der Waals surface area contributed by atoms with Crippen molar-refractivity contribution in [3.8, 4) is 22.3 Å². The maximum Gasteiger partial charge on any atom is 0.0727 e. The molecule has 59 heavy (non-hydrogen) atoms. The number of benzene rings is 9. The summed E-state index contributed by atoms with van der Waals surface area (Å²) in [6.07, 6.45) is 0. The lowest BCUT2D eigenvalue weighted by atomic mass is 9.70. The first-order chi connectivity index (χ1) is 31.3. The lowest BCUT2D eigenvalue weighted by molar-refractivity contribution is 0.793. The third-order valence-corrected chi connectivity index (χ3v) is 12.5. The molecule has 2 aliphatic carbocycles. The smallest absolute Gasteiger partial charge is 0.0727 e. The molecule has 1 heterocycles. The van der Waals surface area contributed by atoms with E-state index in [-0.39, 0.29) is 29.9 Å². The third kappa shape index (κ3) is 4.82. The number of fused-ring (bicyclic) bond motifs is 13. The molecule has 0 amide bonds. The number of aryl methyl sites for hydroxylation is 1. The van der Waals surface area contributed by atoms with Crippen molar-refractivity contribution < 1.29 is 6.85 Å². The summed E-state index contributed by atoms with van der Waals surface area (Å²) in [5, 5.41) is 2.19. The van der Waals surface area contributed by atoms with Gasteiger partial charge in [0.15, 0.2) is 0 Å². The summed E-state index contributed by atoms with van der Waals surface area (Å²) in [5.74, 6) is 0. The molecule has 278 valence electrons. The minimum absolute atomic E-state index is 0.0875. The minimum atomic E-state index is -0.756. The van der Waals surface area contributed by atoms with Gasteiger partial charge in [-0.1, -0.05) is 139 Å². The van der Waals surface area contributed by atoms with Crippen molar-refractivity contribution in [1.82, 2.24) is 4.57 Å². The normalized spacial score (nSPS) is 15.8. The van der Waals surface area contributed by atoms with Crippen LogP contribution in [0.5, 0.6) is 0 Å². The molecule has 3 heteroatoms. The minimum Gasteiger partial charge on any atom is -0.344 e. The molecule has 0 bridgehead atoms. The zero-order valence-corrected chi connectivity index (χ0v) is 32.2. The van der Waals surface area contributed by atoms with Crippen molar-refractivity contribution in [2.24, 2.45) is 7.05 Å². The van der Waals surface area contributed by atoms with Crippen molar-refractivity contribution >= 4 is 55.9 Å². The fourth-order valence-corrected chi connectivity index (χ4v) is 10.0. The van der Waals surface area contributed by atoms with Crippen molar-refractivity contribution in [2.75, 3.05) is 9.80 Å². The summed E-state index contributed by atoms with van der Waals surface area (Å²) in [6.45, 7) is 0. The second kappa shape index (κ2) is 13.0. The highest BCUT2D eigenvalue weighted by molar-refractivity contribution is 6.09. The van der Waals surface area contributed by atoms with Gasteiger partial charge in [0.05, 0.1) is 17.8 Å². The largest absolute Gasteiger partial charge is 0.344 e. The van der Waals surface area contributed by atoms with Gasteiger partial charge in [0, 0.05) is 57.5 Å². The Labute approximate surface area is 351 Å². The lowest BCUT2D eigenvalue weighted by Crippen LogP contribution is -2.26. The first kappa shape index (κ1) is 28.7. The summed E-state index contributed by atoms with van der Waals surface area (Å²) in [6, 6.07) is 64.2. The SMILES string of the molecule is [2H]c1c([2H])c([2H])c(N(c2ccc3c(c2)C2(c4ccccc4-c4ccc(N(c5ccccc5)c5ccccc5)cc42)c2ccccc2-3)c2ccc3c4ccccc4n(C)c3c2)c([2H])c1[2H]. The molecule has 1 unspecified atom stereocenters. The van der Waals surface area contributed by atoms with Crippen LogP contribution < -0.4 is 9.80 Å². The summed E-state index contributed by atoms with van der Waals surface area (Å²) in [5.41, 5.74) is 14.9. The number of nitrogens with zero attached hydrogens (tertiary/aromatic N) is 3. The Morgan fingerprint density at radius 3 is 1.44 bits per heavy atom. The average molecular weight is 759 g/mol. The number of anilines is 6. The van der Waals surface area contributed by atoms with E-state index in [4.69, 9.17) is 4.11 Å². The van der Waals surface area contributed by atoms with Crippen molar-refractivity contribution in [3.63, 3.8) is 0 Å². The molecule has 1 aromatic heterocycles. The zero-order valence-electron chi connectivity index (χ0n) is 37.2. The zero-order chi connectivity index (χ0) is 43.4. The van der Waals surface area contributed by atoms with E-state index in [2.05, 4.69) is 161 Å². The van der Waals surface area contributed by atoms with Crippen LogP contribution in [-0.2, 0) is 12.5 Å². The number of para-hydroxylation sites is 4. The number of hydrogen-bond donors (Lipinski definition) is 0. The fraction of sp³-hybridized carbons (Fsp3) is 0.0357. The summed E-state index contributed by atoms with van der Waals surface area (Å²) in [7, 11) is 2.04. The van der Waals surface area contributed by atoms with Crippen LogP contribution in [0.2, 0.25) is 0 Å². The number of aromatic nitrogens is 1. The van der Waals surface area contributed by atoms with E-state index in [0.29, 0.717) is 11.4 Å². The number of hydrogen-bond acceptors (Lipinski definition) is 2. The molecular formula is C56H39N3. The predicted octanol–water partition coefficient (Wildman–Crippen LogP) is 14.6. The quantitative estimate of drug-likeness (QED) is 0.167. The van der Waals surface area contributed by atoms with Gasteiger partial charge in [-0.25, -0.2) is 0 Å². The fourth-order valence-electron chi connectivity index (χ4n) is 10.0. The van der Waals surface area contributed by atoms with Crippen molar-refractivity contribution in [2.45, 2.75) is 5.41 Å². The molecular weight excluding hydrogens is 715 g/mol. The topological polar surface area (TPSA) is 11.4 Å². The third-order valence-electron chi connectivity index (χ3n) is 12.5. The van der Waals surface area contributed by atoms with Crippen LogP contribution in [0, 0.1) is 0 Å². The molecule has 0 saturated carbocycles. The maximum absolute atomic E-state index is 9.35. The molecule has 0 radical (unpaired) electrons. The number of rotatable bonds is 6. The highest BCUT2D eigenvalue weighted by Crippen LogP contribution is 2.64. The molecule has 0 saturated heterocycles. The molecule has 1 spiro atoms. The predicted molar refractivity (Wildman–Crippen MR) is 246 cm³/mol. The van der Waals surface area contributed by atoms with Gasteiger partial charge in [-0.2, -0.15) is 0 Å². The molecule has 10 aromatic rings. The standard InChI is InChI=1S/C56H39N3/c1-57-54-28-16-13-25-48(54)49-34-31-43(37-55(49)57)59(40-21-9-4-10-22-40)42-30-33-47-45-24-12-15-27-51(45)56(53(47)36-42)50-26-14-11-23-44(50)46-32-29-41(35-52(46)56)58(38-17-5-2-6-18-38)39-19-7-3-8-20-39/h2-37H,1H3/i4D,9D,10D,21D,22D. The van der Waals surface area contributed by atoms with Gasteiger partial charge in [-0.15, -0.1) is 0 Å². The first-order valence-corrected chi connectivity index (χ1v) is 20.0. The molecule has 9 aromatic carbocycles. The summed E-state index contributed by atoms with van der Waals surface area (Å²) < 4.78 is 47.1. The van der Waals surface area contributed by atoms with Gasteiger partial charge in [0.1, 0.15) is 0 Å². The molecule has 0 aliphatic heterocycles. The molecule has 3 nitrogen and oxygen atoms in total. The van der Waals surface area contributed by atoms with E-state index in [1.54, 1.807) is 0 Å². The van der Waals surface area contributed by atoms with Gasteiger partial charge in [0.25, 0.3) is 0 Å². The van der Waals surface area contributed by atoms with Crippen LogP contribution in [0.1, 0.15) is 29.1 Å². The van der Waals surface area contributed by atoms with E-state index < -0.39 is 11.5 Å². The lowest BCUT2D eigenvalue weighted by Gasteiger charge is -2.33. The van der Waals surface area contributed by atoms with E-state index in [0.717, 1.165) is 72.2 Å². The van der Waals surface area contributed by atoms with Crippen LogP contribution in [0.25, 0.3) is 44.1 Å². The monoisotopic (exact) mass is 758 g/mol. The van der Waals surface area contributed by atoms with E-state index in [1.165, 1.54) is 11.1 Å². The average Bonchev–Trinajstić information content (AvgIpc) is 3.92. The van der Waals surface area contributed by atoms with Crippen LogP contribution in [0.3, 0.4) is 0 Å². The Morgan fingerprint density at radius 1 is 0.373 bits per heavy atom. The first-order valence-electron chi connectivity index (χ1n) is 22.5. The van der Waals surface area contributed by atoms with Gasteiger partial charge in [-0.3, -0.25) is 0 Å². The van der Waals surface area contributed by atoms with Gasteiger partial charge in [0.2, 0.25) is 0 Å². The highest BCUT2D eigenvalue weighted by Gasteiger charge is 2.52. The molecule has 1 atom stereocenters. The second-order valence-electron chi connectivity index (χ2n) is 15.4. The second-order valence-corrected chi connectivity index (χ2v) is 15.4. The highest BCUT2D eigenvalue weighted by atomic mass is 15.1. The van der Waals surface area contributed by atoms with Crippen molar-refractivity contribution in [1.29, 1.82) is 0 Å².